The van der Waals surface area contributed by atoms with Gasteiger partial charge in [0.25, 0.3) is 0 Å². The van der Waals surface area contributed by atoms with Gasteiger partial charge in [-0.15, -0.1) is 0 Å². The molecule has 2 unspecified atom stereocenters. The largest absolute Gasteiger partial charge is 0.486 e. The van der Waals surface area contributed by atoms with Crippen LogP contribution in [0, 0.1) is 5.82 Å². The van der Waals surface area contributed by atoms with Gasteiger partial charge in [0.2, 0.25) is 0 Å². The molecule has 3 N–H and O–H groups in total. The summed E-state index contributed by atoms with van der Waals surface area (Å²) in [6.07, 6.45) is -1.42. The van der Waals surface area contributed by atoms with E-state index in [0.717, 1.165) is 0 Å². The average Bonchev–Trinajstić information content (AvgIpc) is 2.70. The van der Waals surface area contributed by atoms with Crippen LogP contribution in [0.3, 0.4) is 0 Å². The number of carbonyl (C=O) groups excluding carboxylic acids is 1. The van der Waals surface area contributed by atoms with Crippen molar-refractivity contribution in [2.75, 3.05) is 0 Å². The van der Waals surface area contributed by atoms with Crippen molar-refractivity contribution >= 4 is 6.09 Å². The van der Waals surface area contributed by atoms with Gasteiger partial charge in [0.15, 0.2) is 0 Å². The zero-order chi connectivity index (χ0) is 13.3. The lowest BCUT2D eigenvalue weighted by Gasteiger charge is -2.18. The first-order valence-electron chi connectivity index (χ1n) is 5.56. The van der Waals surface area contributed by atoms with E-state index in [1.165, 1.54) is 12.1 Å². The van der Waals surface area contributed by atoms with Gasteiger partial charge in [0.05, 0.1) is 6.61 Å². The topological polar surface area (TPSA) is 81.8 Å². The summed E-state index contributed by atoms with van der Waals surface area (Å²) in [4.78, 5) is 10.7. The summed E-state index contributed by atoms with van der Waals surface area (Å²) in [5.74, 6) is 0.0364. The molecule has 1 aliphatic heterocycles. The number of primary amides is 1. The quantitative estimate of drug-likeness (QED) is 0.847. The molecule has 18 heavy (non-hydrogen) atoms. The van der Waals surface area contributed by atoms with Gasteiger partial charge in [-0.3, -0.25) is 0 Å². The molecule has 0 aromatic heterocycles. The zero-order valence-electron chi connectivity index (χ0n) is 9.85. The van der Waals surface area contributed by atoms with Crippen LogP contribution in [0.4, 0.5) is 9.18 Å². The van der Waals surface area contributed by atoms with Crippen LogP contribution in [0.2, 0.25) is 0 Å². The minimum atomic E-state index is -0.879. The minimum Gasteiger partial charge on any atom is -0.486 e. The van der Waals surface area contributed by atoms with Crippen LogP contribution in [0.15, 0.2) is 12.1 Å². The van der Waals surface area contributed by atoms with E-state index in [9.17, 15) is 9.18 Å². The smallest absolute Gasteiger partial charge is 0.404 e. The number of carbonyl (C=O) groups is 1. The molecule has 1 heterocycles. The Morgan fingerprint density at radius 1 is 1.72 bits per heavy atom. The Morgan fingerprint density at radius 2 is 2.44 bits per heavy atom. The second kappa shape index (κ2) is 4.81. The first-order valence-corrected chi connectivity index (χ1v) is 5.56. The van der Waals surface area contributed by atoms with Crippen molar-refractivity contribution in [3.63, 3.8) is 0 Å². The summed E-state index contributed by atoms with van der Waals surface area (Å²) in [5.41, 5.74) is 5.97. The van der Waals surface area contributed by atoms with Crippen molar-refractivity contribution in [1.82, 2.24) is 0 Å². The molecule has 0 saturated heterocycles. The van der Waals surface area contributed by atoms with E-state index in [1.807, 2.05) is 0 Å². The number of fused-ring (bicyclic) bond motifs is 1. The van der Waals surface area contributed by atoms with Crippen molar-refractivity contribution in [1.29, 1.82) is 0 Å². The number of aliphatic hydroxyl groups excluding tert-OH is 1. The van der Waals surface area contributed by atoms with Crippen LogP contribution in [0.25, 0.3) is 0 Å². The molecule has 0 saturated carbocycles. The van der Waals surface area contributed by atoms with Gasteiger partial charge in [-0.25, -0.2) is 9.18 Å². The third-order valence-electron chi connectivity index (χ3n) is 2.89. The van der Waals surface area contributed by atoms with Crippen LogP contribution in [-0.2, 0) is 17.8 Å². The van der Waals surface area contributed by atoms with E-state index in [4.69, 9.17) is 20.3 Å². The van der Waals surface area contributed by atoms with Crippen LogP contribution in [0.1, 0.15) is 18.1 Å². The Hall–Kier alpha value is -1.82. The van der Waals surface area contributed by atoms with Gasteiger partial charge < -0.3 is 20.3 Å². The Labute approximate surface area is 103 Å². The number of aliphatic hydroxyl groups is 1. The number of benzene rings is 1. The maximum Gasteiger partial charge on any atom is 0.404 e. The number of hydrogen-bond donors (Lipinski definition) is 2. The molecule has 98 valence electrons. The highest BCUT2D eigenvalue weighted by molar-refractivity contribution is 5.64. The summed E-state index contributed by atoms with van der Waals surface area (Å²) in [6, 6.07) is 2.58. The molecule has 2 rings (SSSR count). The van der Waals surface area contributed by atoms with Crippen LogP contribution in [-0.4, -0.2) is 23.4 Å². The highest BCUT2D eigenvalue weighted by Gasteiger charge is 2.31. The molecule has 0 fully saturated rings. The fourth-order valence-electron chi connectivity index (χ4n) is 2.06. The van der Waals surface area contributed by atoms with Gasteiger partial charge in [-0.2, -0.15) is 0 Å². The highest BCUT2D eigenvalue weighted by atomic mass is 19.1. The van der Waals surface area contributed by atoms with Gasteiger partial charge in [0, 0.05) is 17.5 Å². The van der Waals surface area contributed by atoms with Gasteiger partial charge in [-0.1, -0.05) is 0 Å². The van der Waals surface area contributed by atoms with Crippen LogP contribution >= 0.6 is 0 Å². The molecular formula is C12H14FNO4. The van der Waals surface area contributed by atoms with E-state index < -0.39 is 24.1 Å². The first-order chi connectivity index (χ1) is 8.51. The van der Waals surface area contributed by atoms with E-state index in [2.05, 4.69) is 0 Å². The maximum absolute atomic E-state index is 13.3. The summed E-state index contributed by atoms with van der Waals surface area (Å²) in [6.45, 7) is 1.34. The SMILES string of the molecule is CC(OC(N)=O)C1Cc2cc(F)cc(CO)c2O1. The Morgan fingerprint density at radius 3 is 3.06 bits per heavy atom. The van der Waals surface area contributed by atoms with Crippen molar-refractivity contribution in [3.8, 4) is 5.75 Å². The molecule has 1 aromatic rings. The van der Waals surface area contributed by atoms with Crippen LogP contribution in [0.5, 0.6) is 5.75 Å². The number of halogens is 1. The lowest BCUT2D eigenvalue weighted by molar-refractivity contribution is 0.0406. The molecule has 6 heteroatoms. The van der Waals surface area contributed by atoms with E-state index in [0.29, 0.717) is 23.3 Å². The minimum absolute atomic E-state index is 0.308. The Balaban J connectivity index is 2.19. The molecule has 1 amide bonds. The molecule has 0 spiro atoms. The molecule has 0 aliphatic carbocycles. The second-order valence-electron chi connectivity index (χ2n) is 4.21. The third-order valence-corrected chi connectivity index (χ3v) is 2.89. The van der Waals surface area contributed by atoms with Gasteiger partial charge in [0.1, 0.15) is 23.8 Å². The first kappa shape index (κ1) is 12.6. The molecule has 5 nitrogen and oxygen atoms in total. The van der Waals surface area contributed by atoms with E-state index >= 15 is 0 Å². The molecular weight excluding hydrogens is 241 g/mol. The fourth-order valence-corrected chi connectivity index (χ4v) is 2.06. The van der Waals surface area contributed by atoms with Crippen molar-refractivity contribution in [2.24, 2.45) is 5.73 Å². The lowest BCUT2D eigenvalue weighted by Crippen LogP contribution is -2.34. The number of amides is 1. The predicted molar refractivity (Wildman–Crippen MR) is 60.6 cm³/mol. The zero-order valence-corrected chi connectivity index (χ0v) is 9.85. The monoisotopic (exact) mass is 255 g/mol. The normalized spacial score (nSPS) is 18.9. The third kappa shape index (κ3) is 2.38. The van der Waals surface area contributed by atoms with Crippen molar-refractivity contribution < 1.29 is 23.8 Å². The molecule has 2 atom stereocenters. The van der Waals surface area contributed by atoms with Gasteiger partial charge in [-0.05, 0) is 19.1 Å². The summed E-state index contributed by atoms with van der Waals surface area (Å²) in [5, 5.41) is 9.14. The van der Waals surface area contributed by atoms with Crippen molar-refractivity contribution in [3.05, 3.63) is 29.1 Å². The molecule has 0 radical (unpaired) electrons. The number of nitrogens with two attached hydrogens (primary N) is 1. The van der Waals surface area contributed by atoms with Gasteiger partial charge >= 0.3 is 6.09 Å². The van der Waals surface area contributed by atoms with E-state index in [1.54, 1.807) is 6.92 Å². The average molecular weight is 255 g/mol. The highest BCUT2D eigenvalue weighted by Crippen LogP contribution is 2.35. The molecule has 1 aromatic carbocycles. The summed E-state index contributed by atoms with van der Waals surface area (Å²) >= 11 is 0. The number of ether oxygens (including phenoxy) is 2. The second-order valence-corrected chi connectivity index (χ2v) is 4.21. The maximum atomic E-state index is 13.3. The van der Waals surface area contributed by atoms with Crippen LogP contribution < -0.4 is 10.5 Å². The standard InChI is InChI=1S/C12H14FNO4/c1-6(17-12(14)16)10-4-7-2-9(13)3-8(5-15)11(7)18-10/h2-3,6,10,15H,4-5H2,1H3,(H2,14,16). The number of rotatable bonds is 3. The predicted octanol–water partition coefficient (Wildman–Crippen LogP) is 1.11. The Kier molecular flexibility index (Phi) is 3.38. The summed E-state index contributed by atoms with van der Waals surface area (Å²) < 4.78 is 23.7. The lowest BCUT2D eigenvalue weighted by atomic mass is 10.0. The molecule has 0 bridgehead atoms. The summed E-state index contributed by atoms with van der Waals surface area (Å²) in [7, 11) is 0. The van der Waals surface area contributed by atoms with Crippen molar-refractivity contribution in [2.45, 2.75) is 32.2 Å². The Bertz CT molecular complexity index is 477. The fraction of sp³-hybridized carbons (Fsp3) is 0.417. The van der Waals surface area contributed by atoms with E-state index in [-0.39, 0.29) is 6.61 Å². The molecule has 1 aliphatic rings. The number of hydrogen-bond acceptors (Lipinski definition) is 4.